The lowest BCUT2D eigenvalue weighted by Crippen LogP contribution is -2.34. The summed E-state index contributed by atoms with van der Waals surface area (Å²) in [4.78, 5) is 1.33. The minimum Gasteiger partial charge on any atom is -0.314 e. The van der Waals surface area contributed by atoms with E-state index in [1.54, 1.807) is 11.3 Å². The maximum absolute atomic E-state index is 11.7. The smallest absolute Gasteiger partial charge is 0.150 e. The number of nitrogens with one attached hydrogen (secondary N) is 1. The van der Waals surface area contributed by atoms with Crippen LogP contribution in [0.3, 0.4) is 0 Å². The van der Waals surface area contributed by atoms with Gasteiger partial charge in [-0.15, -0.1) is 11.3 Å². The summed E-state index contributed by atoms with van der Waals surface area (Å²) in [5.74, 6) is 1.43. The van der Waals surface area contributed by atoms with Gasteiger partial charge in [-0.25, -0.2) is 8.42 Å². The van der Waals surface area contributed by atoms with Gasteiger partial charge in [-0.1, -0.05) is 13.8 Å². The van der Waals surface area contributed by atoms with E-state index in [0.29, 0.717) is 29.4 Å². The van der Waals surface area contributed by atoms with E-state index in [1.807, 2.05) is 0 Å². The Kier molecular flexibility index (Phi) is 5.68. The van der Waals surface area contributed by atoms with Gasteiger partial charge in [0.25, 0.3) is 0 Å². The van der Waals surface area contributed by atoms with Crippen LogP contribution in [0.15, 0.2) is 15.9 Å². The molecule has 0 spiro atoms. The zero-order valence-corrected chi connectivity index (χ0v) is 15.2. The maximum Gasteiger partial charge on any atom is 0.150 e. The Morgan fingerprint density at radius 1 is 1.50 bits per heavy atom. The summed E-state index contributed by atoms with van der Waals surface area (Å²) in [6.07, 6.45) is 1.79. The summed E-state index contributed by atoms with van der Waals surface area (Å²) in [5, 5.41) is 5.57. The molecule has 1 aliphatic rings. The summed E-state index contributed by atoms with van der Waals surface area (Å²) < 4.78 is 24.5. The molecule has 1 aliphatic heterocycles. The second-order valence-electron chi connectivity index (χ2n) is 5.92. The number of rotatable bonds is 6. The van der Waals surface area contributed by atoms with E-state index < -0.39 is 9.84 Å². The third kappa shape index (κ3) is 4.83. The Labute approximate surface area is 134 Å². The van der Waals surface area contributed by atoms with E-state index in [4.69, 9.17) is 0 Å². The summed E-state index contributed by atoms with van der Waals surface area (Å²) in [5.41, 5.74) is 0. The molecule has 1 saturated heterocycles. The lowest BCUT2D eigenvalue weighted by atomic mass is 9.88. The molecule has 20 heavy (non-hydrogen) atoms. The van der Waals surface area contributed by atoms with Crippen LogP contribution in [0, 0.1) is 11.8 Å². The second-order valence-corrected chi connectivity index (χ2v) is 10.1. The van der Waals surface area contributed by atoms with Crippen LogP contribution in [0.25, 0.3) is 0 Å². The van der Waals surface area contributed by atoms with Crippen molar-refractivity contribution in [2.45, 2.75) is 32.7 Å². The summed E-state index contributed by atoms with van der Waals surface area (Å²) in [7, 11) is -2.80. The van der Waals surface area contributed by atoms with Crippen LogP contribution in [0.5, 0.6) is 0 Å². The highest BCUT2D eigenvalue weighted by atomic mass is 79.9. The van der Waals surface area contributed by atoms with Crippen molar-refractivity contribution in [3.63, 3.8) is 0 Å². The molecule has 1 aromatic rings. The average molecular weight is 380 g/mol. The lowest BCUT2D eigenvalue weighted by molar-refractivity contribution is 0.335. The minimum absolute atomic E-state index is 0.298. The number of hydrogen-bond donors (Lipinski definition) is 1. The fraction of sp³-hybridized carbons (Fsp3) is 0.714. The van der Waals surface area contributed by atoms with Crippen LogP contribution < -0.4 is 5.32 Å². The molecule has 0 saturated carbocycles. The van der Waals surface area contributed by atoms with E-state index in [9.17, 15) is 8.42 Å². The van der Waals surface area contributed by atoms with E-state index >= 15 is 0 Å². The molecule has 1 aromatic heterocycles. The lowest BCUT2D eigenvalue weighted by Gasteiger charge is -2.23. The molecule has 0 aromatic carbocycles. The Hall–Kier alpha value is 0.0900. The Bertz CT molecular complexity index is 539. The minimum atomic E-state index is -2.80. The fourth-order valence-corrected chi connectivity index (χ4v) is 6.17. The highest BCUT2D eigenvalue weighted by Crippen LogP contribution is 2.31. The van der Waals surface area contributed by atoms with Crippen molar-refractivity contribution >= 4 is 37.1 Å². The molecule has 0 aliphatic carbocycles. The molecule has 0 radical (unpaired) electrons. The number of hydrogen-bond acceptors (Lipinski definition) is 4. The molecule has 1 N–H and O–H groups in total. The number of sulfone groups is 1. The molecule has 114 valence electrons. The standard InChI is InChI=1S/C14H22BrNO2S2/c1-10(2)16-7-12(5-14-6-13(15)8-19-14)11-3-4-20(17,18)9-11/h6,8,10-12,16H,3-5,7,9H2,1-2H3. The van der Waals surface area contributed by atoms with Gasteiger partial charge in [-0.2, -0.15) is 0 Å². The van der Waals surface area contributed by atoms with Gasteiger partial charge in [-0.05, 0) is 53.2 Å². The SMILES string of the molecule is CC(C)NCC(Cc1cc(Br)cs1)C1CCS(=O)(=O)C1. The Morgan fingerprint density at radius 3 is 2.75 bits per heavy atom. The van der Waals surface area contributed by atoms with E-state index in [1.165, 1.54) is 4.88 Å². The highest BCUT2D eigenvalue weighted by molar-refractivity contribution is 9.10. The Balaban J connectivity index is 2.04. The monoisotopic (exact) mass is 379 g/mol. The molecule has 6 heteroatoms. The molecule has 0 amide bonds. The molecule has 2 rings (SSSR count). The van der Waals surface area contributed by atoms with Gasteiger partial charge in [-0.3, -0.25) is 0 Å². The van der Waals surface area contributed by atoms with Crippen LogP contribution in [-0.2, 0) is 16.3 Å². The van der Waals surface area contributed by atoms with Gasteiger partial charge < -0.3 is 5.32 Å². The molecule has 2 atom stereocenters. The van der Waals surface area contributed by atoms with Crippen molar-refractivity contribution in [2.75, 3.05) is 18.1 Å². The first-order chi connectivity index (χ1) is 9.35. The maximum atomic E-state index is 11.7. The predicted octanol–water partition coefficient (Wildman–Crippen LogP) is 3.10. The van der Waals surface area contributed by atoms with Crippen molar-refractivity contribution in [3.8, 4) is 0 Å². The van der Waals surface area contributed by atoms with Crippen molar-refractivity contribution in [2.24, 2.45) is 11.8 Å². The zero-order valence-electron chi connectivity index (χ0n) is 11.9. The first kappa shape index (κ1) is 16.5. The molecule has 2 unspecified atom stereocenters. The highest BCUT2D eigenvalue weighted by Gasteiger charge is 2.33. The molecule has 0 bridgehead atoms. The van der Waals surface area contributed by atoms with Gasteiger partial charge >= 0.3 is 0 Å². The van der Waals surface area contributed by atoms with Crippen molar-refractivity contribution in [1.29, 1.82) is 0 Å². The molecule has 1 fully saturated rings. The van der Waals surface area contributed by atoms with Gasteiger partial charge in [0.1, 0.15) is 0 Å². The van der Waals surface area contributed by atoms with Crippen LogP contribution in [0.4, 0.5) is 0 Å². The predicted molar refractivity (Wildman–Crippen MR) is 89.1 cm³/mol. The van der Waals surface area contributed by atoms with Crippen LogP contribution >= 0.6 is 27.3 Å². The van der Waals surface area contributed by atoms with E-state index in [-0.39, 0.29) is 0 Å². The third-order valence-electron chi connectivity index (χ3n) is 3.81. The van der Waals surface area contributed by atoms with Crippen molar-refractivity contribution in [1.82, 2.24) is 5.32 Å². The van der Waals surface area contributed by atoms with Crippen LogP contribution in [0.2, 0.25) is 0 Å². The first-order valence-corrected chi connectivity index (χ1v) is 10.5. The van der Waals surface area contributed by atoms with Crippen molar-refractivity contribution < 1.29 is 8.42 Å². The molecule has 2 heterocycles. The van der Waals surface area contributed by atoms with Crippen LogP contribution in [0.1, 0.15) is 25.1 Å². The summed E-state index contributed by atoms with van der Waals surface area (Å²) in [6.45, 7) is 5.15. The topological polar surface area (TPSA) is 46.2 Å². The summed E-state index contributed by atoms with van der Waals surface area (Å²) in [6, 6.07) is 2.59. The second kappa shape index (κ2) is 6.90. The largest absolute Gasteiger partial charge is 0.314 e. The van der Waals surface area contributed by atoms with Gasteiger partial charge in [0.2, 0.25) is 0 Å². The Morgan fingerprint density at radius 2 is 2.25 bits per heavy atom. The first-order valence-electron chi connectivity index (χ1n) is 7.02. The zero-order chi connectivity index (χ0) is 14.8. The molecular weight excluding hydrogens is 358 g/mol. The van der Waals surface area contributed by atoms with E-state index in [2.05, 4.69) is 46.5 Å². The van der Waals surface area contributed by atoms with Crippen molar-refractivity contribution in [3.05, 3.63) is 20.8 Å². The average Bonchev–Trinajstić information content (AvgIpc) is 2.90. The van der Waals surface area contributed by atoms with Gasteiger partial charge in [0.15, 0.2) is 9.84 Å². The van der Waals surface area contributed by atoms with Gasteiger partial charge in [0, 0.05) is 20.8 Å². The quantitative estimate of drug-likeness (QED) is 0.825. The number of thiophene rings is 1. The number of halogens is 1. The third-order valence-corrected chi connectivity index (χ3v) is 7.32. The molecule has 3 nitrogen and oxygen atoms in total. The molecular formula is C14H22BrNO2S2. The fourth-order valence-electron chi connectivity index (χ4n) is 2.71. The van der Waals surface area contributed by atoms with Gasteiger partial charge in [0.05, 0.1) is 11.5 Å². The van der Waals surface area contributed by atoms with E-state index in [0.717, 1.165) is 23.9 Å². The normalized spacial score (nSPS) is 23.3. The van der Waals surface area contributed by atoms with Crippen LogP contribution in [-0.4, -0.2) is 32.5 Å². The summed E-state index contributed by atoms with van der Waals surface area (Å²) >= 11 is 5.23.